The average molecular weight is 393 g/mol. The molecule has 4 N–H and O–H groups in total. The number of rotatable bonds is 4. The van der Waals surface area contributed by atoms with Crippen LogP contribution in [0.2, 0.25) is 0 Å². The van der Waals surface area contributed by atoms with E-state index in [0.29, 0.717) is 5.69 Å². The summed E-state index contributed by atoms with van der Waals surface area (Å²) in [5.41, 5.74) is 0.922. The molecule has 0 spiro atoms. The van der Waals surface area contributed by atoms with Crippen LogP contribution in [0, 0.1) is 0 Å². The van der Waals surface area contributed by atoms with Gasteiger partial charge in [-0.1, -0.05) is 6.07 Å². The standard InChI is InChI=1S/C16H15N3O5S2/c1-24-15(21)11-4-2-3-10(9-11)14(20)19-16(25)18-12-5-7-13(8-6-12)26(17,22)23/h2-9H,1H3,(H2,17,22,23)(H2,18,19,20,25). The Kier molecular flexibility index (Phi) is 6.03. The van der Waals surface area contributed by atoms with Gasteiger partial charge < -0.3 is 10.1 Å². The molecule has 0 heterocycles. The van der Waals surface area contributed by atoms with Crippen LogP contribution in [-0.4, -0.2) is 32.5 Å². The van der Waals surface area contributed by atoms with Gasteiger partial charge >= 0.3 is 5.97 Å². The van der Waals surface area contributed by atoms with E-state index in [1.807, 2.05) is 0 Å². The summed E-state index contributed by atoms with van der Waals surface area (Å²) in [5.74, 6) is -1.08. The highest BCUT2D eigenvalue weighted by atomic mass is 32.2. The number of thiocarbonyl (C=S) groups is 1. The van der Waals surface area contributed by atoms with E-state index in [1.54, 1.807) is 6.07 Å². The Morgan fingerprint density at radius 1 is 1.08 bits per heavy atom. The summed E-state index contributed by atoms with van der Waals surface area (Å²) in [6.07, 6.45) is 0. The van der Waals surface area contributed by atoms with Crippen molar-refractivity contribution < 1.29 is 22.7 Å². The number of nitrogens with two attached hydrogens (primary N) is 1. The molecule has 0 unspecified atom stereocenters. The minimum absolute atomic E-state index is 0.00169. The third kappa shape index (κ3) is 5.09. The second-order valence-corrected chi connectivity index (χ2v) is 7.02. The van der Waals surface area contributed by atoms with Crippen LogP contribution in [0.3, 0.4) is 0 Å². The number of carbonyl (C=O) groups is 2. The Hall–Kier alpha value is -2.82. The van der Waals surface area contributed by atoms with Crippen LogP contribution in [0.4, 0.5) is 5.69 Å². The highest BCUT2D eigenvalue weighted by molar-refractivity contribution is 7.89. The van der Waals surface area contributed by atoms with Crippen LogP contribution in [0.5, 0.6) is 0 Å². The first-order valence-corrected chi connectivity index (χ1v) is 9.10. The molecule has 0 saturated heterocycles. The molecule has 0 fully saturated rings. The van der Waals surface area contributed by atoms with E-state index in [2.05, 4.69) is 15.4 Å². The van der Waals surface area contributed by atoms with E-state index in [-0.39, 0.29) is 21.1 Å². The first kappa shape index (κ1) is 19.5. The molecule has 2 rings (SSSR count). The zero-order chi connectivity index (χ0) is 19.3. The van der Waals surface area contributed by atoms with E-state index in [4.69, 9.17) is 17.4 Å². The van der Waals surface area contributed by atoms with Gasteiger partial charge in [-0.2, -0.15) is 0 Å². The number of hydrogen-bond acceptors (Lipinski definition) is 6. The van der Waals surface area contributed by atoms with E-state index in [0.717, 1.165) is 0 Å². The first-order chi connectivity index (χ1) is 12.2. The van der Waals surface area contributed by atoms with Crippen molar-refractivity contribution in [2.75, 3.05) is 12.4 Å². The van der Waals surface area contributed by atoms with Crippen LogP contribution in [-0.2, 0) is 14.8 Å². The SMILES string of the molecule is COC(=O)c1cccc(C(=O)NC(=S)Nc2ccc(S(N)(=O)=O)cc2)c1. The van der Waals surface area contributed by atoms with Crippen molar-refractivity contribution in [1.82, 2.24) is 5.32 Å². The molecule has 8 nitrogen and oxygen atoms in total. The summed E-state index contributed by atoms with van der Waals surface area (Å²) < 4.78 is 27.0. The summed E-state index contributed by atoms with van der Waals surface area (Å²) in [6, 6.07) is 11.5. The molecule has 136 valence electrons. The molecule has 26 heavy (non-hydrogen) atoms. The van der Waals surface area contributed by atoms with Crippen LogP contribution in [0.1, 0.15) is 20.7 Å². The van der Waals surface area contributed by atoms with E-state index >= 15 is 0 Å². The molecule has 2 aromatic carbocycles. The number of primary sulfonamides is 1. The van der Waals surface area contributed by atoms with E-state index in [1.165, 1.54) is 49.6 Å². The molecule has 0 aliphatic carbocycles. The lowest BCUT2D eigenvalue weighted by Crippen LogP contribution is -2.34. The Morgan fingerprint density at radius 3 is 2.27 bits per heavy atom. The molecular formula is C16H15N3O5S2. The fraction of sp³-hybridized carbons (Fsp3) is 0.0625. The maximum absolute atomic E-state index is 12.2. The maximum Gasteiger partial charge on any atom is 0.337 e. The summed E-state index contributed by atoms with van der Waals surface area (Å²) >= 11 is 5.05. The number of methoxy groups -OCH3 is 1. The predicted molar refractivity (Wildman–Crippen MR) is 99.3 cm³/mol. The van der Waals surface area contributed by atoms with Crippen molar-refractivity contribution in [3.05, 3.63) is 59.7 Å². The van der Waals surface area contributed by atoms with Gasteiger partial charge in [-0.3, -0.25) is 10.1 Å². The number of hydrogen-bond donors (Lipinski definition) is 3. The molecule has 0 aliphatic rings. The first-order valence-electron chi connectivity index (χ1n) is 7.14. The Labute approximate surface area is 155 Å². The Morgan fingerprint density at radius 2 is 1.69 bits per heavy atom. The van der Waals surface area contributed by atoms with Crippen LogP contribution in [0.25, 0.3) is 0 Å². The molecule has 2 aromatic rings. The van der Waals surface area contributed by atoms with Crippen molar-refractivity contribution >= 4 is 44.9 Å². The summed E-state index contributed by atoms with van der Waals surface area (Å²) in [5, 5.41) is 10.2. The van der Waals surface area contributed by atoms with E-state index < -0.39 is 21.9 Å². The second kappa shape index (κ2) is 8.04. The van der Waals surface area contributed by atoms with Gasteiger partial charge in [-0.25, -0.2) is 18.4 Å². The second-order valence-electron chi connectivity index (χ2n) is 5.05. The molecule has 0 radical (unpaired) electrons. The third-order valence-electron chi connectivity index (χ3n) is 3.21. The number of carbonyl (C=O) groups excluding carboxylic acids is 2. The van der Waals surface area contributed by atoms with Gasteiger partial charge in [-0.15, -0.1) is 0 Å². The molecular weight excluding hydrogens is 378 g/mol. The molecule has 1 amide bonds. The van der Waals surface area contributed by atoms with E-state index in [9.17, 15) is 18.0 Å². The number of ether oxygens (including phenoxy) is 1. The summed E-state index contributed by atoms with van der Waals surface area (Å²) in [4.78, 5) is 23.7. The quantitative estimate of drug-likeness (QED) is 0.527. The Balaban J connectivity index is 2.03. The summed E-state index contributed by atoms with van der Waals surface area (Å²) in [7, 11) is -2.54. The van der Waals surface area contributed by atoms with Crippen LogP contribution < -0.4 is 15.8 Å². The van der Waals surface area contributed by atoms with Gasteiger partial charge in [0, 0.05) is 11.3 Å². The summed E-state index contributed by atoms with van der Waals surface area (Å²) in [6.45, 7) is 0. The lowest BCUT2D eigenvalue weighted by molar-refractivity contribution is 0.0600. The number of nitrogens with one attached hydrogen (secondary N) is 2. The molecule has 0 atom stereocenters. The smallest absolute Gasteiger partial charge is 0.337 e. The lowest BCUT2D eigenvalue weighted by Gasteiger charge is -2.10. The van der Waals surface area contributed by atoms with Crippen LogP contribution in [0.15, 0.2) is 53.4 Å². The highest BCUT2D eigenvalue weighted by Crippen LogP contribution is 2.13. The highest BCUT2D eigenvalue weighted by Gasteiger charge is 2.12. The fourth-order valence-corrected chi connectivity index (χ4v) is 2.70. The third-order valence-corrected chi connectivity index (χ3v) is 4.35. The number of esters is 1. The largest absolute Gasteiger partial charge is 0.465 e. The van der Waals surface area contributed by atoms with Gasteiger partial charge in [-0.05, 0) is 54.7 Å². The molecule has 0 saturated carbocycles. The minimum Gasteiger partial charge on any atom is -0.465 e. The van der Waals surface area contributed by atoms with Crippen molar-refractivity contribution in [1.29, 1.82) is 0 Å². The fourth-order valence-electron chi connectivity index (χ4n) is 1.97. The van der Waals surface area contributed by atoms with Gasteiger partial charge in [0.25, 0.3) is 5.91 Å². The number of amides is 1. The normalized spacial score (nSPS) is 10.7. The number of benzene rings is 2. The van der Waals surface area contributed by atoms with Gasteiger partial charge in [0.15, 0.2) is 5.11 Å². The minimum atomic E-state index is -3.78. The molecule has 0 bridgehead atoms. The number of anilines is 1. The van der Waals surface area contributed by atoms with Crippen molar-refractivity contribution in [3.8, 4) is 0 Å². The van der Waals surface area contributed by atoms with Gasteiger partial charge in [0.05, 0.1) is 17.6 Å². The Bertz CT molecular complexity index is 956. The zero-order valence-electron chi connectivity index (χ0n) is 13.6. The molecule has 10 heteroatoms. The molecule has 0 aliphatic heterocycles. The monoisotopic (exact) mass is 393 g/mol. The number of sulfonamides is 1. The lowest BCUT2D eigenvalue weighted by atomic mass is 10.1. The topological polar surface area (TPSA) is 128 Å². The van der Waals surface area contributed by atoms with Gasteiger partial charge in [0.2, 0.25) is 10.0 Å². The molecule has 0 aromatic heterocycles. The van der Waals surface area contributed by atoms with Crippen LogP contribution >= 0.6 is 12.2 Å². The van der Waals surface area contributed by atoms with Gasteiger partial charge in [0.1, 0.15) is 0 Å². The zero-order valence-corrected chi connectivity index (χ0v) is 15.2. The predicted octanol–water partition coefficient (Wildman–Crippen LogP) is 1.25. The van der Waals surface area contributed by atoms with Crippen molar-refractivity contribution in [2.45, 2.75) is 4.90 Å². The van der Waals surface area contributed by atoms with Crippen molar-refractivity contribution in [3.63, 3.8) is 0 Å². The maximum atomic E-state index is 12.2. The van der Waals surface area contributed by atoms with Crippen molar-refractivity contribution in [2.24, 2.45) is 5.14 Å². The average Bonchev–Trinajstić information content (AvgIpc) is 2.60.